The van der Waals surface area contributed by atoms with E-state index in [-0.39, 0.29) is 23.4 Å². The summed E-state index contributed by atoms with van der Waals surface area (Å²) in [6.45, 7) is 2.92. The van der Waals surface area contributed by atoms with Crippen molar-refractivity contribution in [3.63, 3.8) is 0 Å². The molecule has 0 unspecified atom stereocenters. The zero-order chi connectivity index (χ0) is 25.4. The van der Waals surface area contributed by atoms with E-state index in [1.54, 1.807) is 24.6 Å². The summed E-state index contributed by atoms with van der Waals surface area (Å²) in [4.78, 5) is 37.8. The molecule has 4 aromatic heterocycles. The maximum atomic E-state index is 13.3. The van der Waals surface area contributed by atoms with Gasteiger partial charge in [0.05, 0.1) is 29.6 Å². The standard InChI is InChI=1S/C22H20F3N7O3/c1-21(2,11-33)32-9-16(15-8-27-12-28-20(15)32)19(35)13-5-14(7-26-6-13)29-18(34)10-31-4-3-17(30-31)22(23,24)25/h3-9,12,33H,10-11H2,1-2H3,(H,29,34). The average Bonchev–Trinajstić information content (AvgIpc) is 3.44. The second-order valence-corrected chi connectivity index (χ2v) is 8.38. The number of aliphatic hydroxyl groups is 1. The van der Waals surface area contributed by atoms with Crippen molar-refractivity contribution in [2.24, 2.45) is 0 Å². The number of aromatic nitrogens is 6. The lowest BCUT2D eigenvalue weighted by Gasteiger charge is -2.24. The predicted molar refractivity (Wildman–Crippen MR) is 117 cm³/mol. The number of halogens is 3. The van der Waals surface area contributed by atoms with Crippen molar-refractivity contribution in [3.05, 3.63) is 66.3 Å². The van der Waals surface area contributed by atoms with Crippen LogP contribution in [0.2, 0.25) is 0 Å². The van der Waals surface area contributed by atoms with E-state index in [0.717, 1.165) is 16.9 Å². The van der Waals surface area contributed by atoms with Crippen LogP contribution in [0.4, 0.5) is 18.9 Å². The molecular formula is C22H20F3N7O3. The van der Waals surface area contributed by atoms with Crippen LogP contribution in [0.3, 0.4) is 0 Å². The maximum absolute atomic E-state index is 13.3. The van der Waals surface area contributed by atoms with Gasteiger partial charge in [0, 0.05) is 35.7 Å². The number of aliphatic hydroxyl groups excluding tert-OH is 1. The molecule has 0 radical (unpaired) electrons. The van der Waals surface area contributed by atoms with Crippen molar-refractivity contribution in [1.82, 2.24) is 29.3 Å². The fourth-order valence-electron chi connectivity index (χ4n) is 3.42. The van der Waals surface area contributed by atoms with Crippen LogP contribution in [0.5, 0.6) is 0 Å². The van der Waals surface area contributed by atoms with E-state index in [4.69, 9.17) is 0 Å². The second-order valence-electron chi connectivity index (χ2n) is 8.38. The fraction of sp³-hybridized carbons (Fsp3) is 0.273. The smallest absolute Gasteiger partial charge is 0.394 e. The van der Waals surface area contributed by atoms with Gasteiger partial charge in [0.2, 0.25) is 5.91 Å². The zero-order valence-corrected chi connectivity index (χ0v) is 18.6. The Hall–Kier alpha value is -4.13. The van der Waals surface area contributed by atoms with E-state index < -0.39 is 35.6 Å². The minimum absolute atomic E-state index is 0.158. The highest BCUT2D eigenvalue weighted by atomic mass is 19.4. The SMILES string of the molecule is CC(C)(CO)n1cc(C(=O)c2cncc(NC(=O)Cn3ccc(C(F)(F)F)n3)c2)c2cncnc21. The van der Waals surface area contributed by atoms with Gasteiger partial charge in [-0.2, -0.15) is 18.3 Å². The molecule has 0 aliphatic rings. The highest BCUT2D eigenvalue weighted by Crippen LogP contribution is 2.28. The van der Waals surface area contributed by atoms with E-state index in [1.165, 1.54) is 31.0 Å². The quantitative estimate of drug-likeness (QED) is 0.384. The van der Waals surface area contributed by atoms with Crippen LogP contribution < -0.4 is 5.32 Å². The molecule has 0 aliphatic carbocycles. The Morgan fingerprint density at radius 1 is 1.14 bits per heavy atom. The molecule has 0 saturated heterocycles. The maximum Gasteiger partial charge on any atom is 0.435 e. The molecule has 0 spiro atoms. The van der Waals surface area contributed by atoms with Crippen LogP contribution in [-0.2, 0) is 23.1 Å². The van der Waals surface area contributed by atoms with E-state index >= 15 is 0 Å². The molecule has 182 valence electrons. The van der Waals surface area contributed by atoms with Crippen LogP contribution in [-0.4, -0.2) is 52.7 Å². The highest BCUT2D eigenvalue weighted by molar-refractivity contribution is 6.16. The summed E-state index contributed by atoms with van der Waals surface area (Å²) in [6.07, 6.45) is 3.49. The molecule has 0 bridgehead atoms. The fourth-order valence-corrected chi connectivity index (χ4v) is 3.42. The van der Waals surface area contributed by atoms with Crippen molar-refractivity contribution >= 4 is 28.4 Å². The summed E-state index contributed by atoms with van der Waals surface area (Å²) in [7, 11) is 0. The van der Waals surface area contributed by atoms with Crippen molar-refractivity contribution in [3.8, 4) is 0 Å². The molecule has 4 rings (SSSR count). The molecule has 4 heterocycles. The minimum Gasteiger partial charge on any atom is -0.394 e. The zero-order valence-electron chi connectivity index (χ0n) is 18.6. The molecule has 13 heteroatoms. The number of fused-ring (bicyclic) bond motifs is 1. The van der Waals surface area contributed by atoms with Gasteiger partial charge in [-0.25, -0.2) is 9.97 Å². The second kappa shape index (κ2) is 8.91. The molecule has 0 aliphatic heterocycles. The Morgan fingerprint density at radius 2 is 1.91 bits per heavy atom. The number of alkyl halides is 3. The van der Waals surface area contributed by atoms with Crippen LogP contribution in [0.25, 0.3) is 11.0 Å². The normalized spacial score (nSPS) is 12.2. The Morgan fingerprint density at radius 3 is 2.60 bits per heavy atom. The number of rotatable bonds is 7. The molecule has 2 N–H and O–H groups in total. The van der Waals surface area contributed by atoms with Gasteiger partial charge in [0.1, 0.15) is 18.5 Å². The van der Waals surface area contributed by atoms with E-state index in [9.17, 15) is 27.9 Å². The Bertz CT molecular complexity index is 1410. The Labute approximate surface area is 196 Å². The van der Waals surface area contributed by atoms with Gasteiger partial charge in [0.25, 0.3) is 0 Å². The third kappa shape index (κ3) is 4.89. The van der Waals surface area contributed by atoms with Gasteiger partial charge in [-0.3, -0.25) is 19.3 Å². The predicted octanol–water partition coefficient (Wildman–Crippen LogP) is 2.64. The summed E-state index contributed by atoms with van der Waals surface area (Å²) >= 11 is 0. The number of hydrogen-bond acceptors (Lipinski definition) is 7. The first-order valence-corrected chi connectivity index (χ1v) is 10.3. The summed E-state index contributed by atoms with van der Waals surface area (Å²) in [5.74, 6) is -1.06. The van der Waals surface area contributed by atoms with Gasteiger partial charge in [-0.15, -0.1) is 0 Å². The number of hydrogen-bond donors (Lipinski definition) is 2. The molecule has 0 atom stereocenters. The number of amides is 1. The lowest BCUT2D eigenvalue weighted by atomic mass is 10.1. The Balaban J connectivity index is 1.57. The Kier molecular flexibility index (Phi) is 6.11. The van der Waals surface area contributed by atoms with Crippen LogP contribution in [0, 0.1) is 0 Å². The van der Waals surface area contributed by atoms with Crippen LogP contribution >= 0.6 is 0 Å². The molecular weight excluding hydrogens is 467 g/mol. The molecule has 10 nitrogen and oxygen atoms in total. The minimum atomic E-state index is -4.61. The summed E-state index contributed by atoms with van der Waals surface area (Å²) in [5.41, 5.74) is -0.754. The van der Waals surface area contributed by atoms with Gasteiger partial charge < -0.3 is 15.0 Å². The van der Waals surface area contributed by atoms with Crippen molar-refractivity contribution in [1.29, 1.82) is 0 Å². The first-order valence-electron chi connectivity index (χ1n) is 10.3. The molecule has 0 saturated carbocycles. The number of nitrogens with one attached hydrogen (secondary N) is 1. The van der Waals surface area contributed by atoms with Crippen molar-refractivity contribution in [2.45, 2.75) is 32.1 Å². The summed E-state index contributed by atoms with van der Waals surface area (Å²) in [5, 5.41) is 16.1. The average molecular weight is 487 g/mol. The van der Waals surface area contributed by atoms with Gasteiger partial charge in [-0.05, 0) is 26.0 Å². The highest BCUT2D eigenvalue weighted by Gasteiger charge is 2.33. The van der Waals surface area contributed by atoms with Crippen molar-refractivity contribution < 1.29 is 27.9 Å². The number of carbonyl (C=O) groups is 2. The lowest BCUT2D eigenvalue weighted by molar-refractivity contribution is -0.141. The third-order valence-corrected chi connectivity index (χ3v) is 5.27. The largest absolute Gasteiger partial charge is 0.435 e. The van der Waals surface area contributed by atoms with Crippen molar-refractivity contribution in [2.75, 3.05) is 11.9 Å². The third-order valence-electron chi connectivity index (χ3n) is 5.27. The number of ketones is 1. The van der Waals surface area contributed by atoms with Crippen LogP contribution in [0.1, 0.15) is 35.5 Å². The topological polar surface area (TPSA) is 128 Å². The molecule has 1 amide bonds. The summed E-state index contributed by atoms with van der Waals surface area (Å²) < 4.78 is 40.6. The molecule has 4 aromatic rings. The summed E-state index contributed by atoms with van der Waals surface area (Å²) in [6, 6.07) is 2.17. The first kappa shape index (κ1) is 24.0. The van der Waals surface area contributed by atoms with E-state index in [0.29, 0.717) is 11.0 Å². The number of carbonyl (C=O) groups excluding carboxylic acids is 2. The van der Waals surface area contributed by atoms with E-state index in [2.05, 4.69) is 25.4 Å². The van der Waals surface area contributed by atoms with Gasteiger partial charge >= 0.3 is 6.18 Å². The molecule has 0 aromatic carbocycles. The van der Waals surface area contributed by atoms with Crippen LogP contribution in [0.15, 0.2) is 49.4 Å². The number of anilines is 1. The van der Waals surface area contributed by atoms with Gasteiger partial charge in [-0.1, -0.05) is 0 Å². The number of nitrogens with zero attached hydrogens (tertiary/aromatic N) is 6. The monoisotopic (exact) mass is 487 g/mol. The van der Waals surface area contributed by atoms with E-state index in [1.807, 2.05) is 0 Å². The number of pyridine rings is 1. The lowest BCUT2D eigenvalue weighted by Crippen LogP contribution is -2.30. The molecule has 0 fully saturated rings. The van der Waals surface area contributed by atoms with Gasteiger partial charge in [0.15, 0.2) is 11.5 Å². The molecule has 35 heavy (non-hydrogen) atoms. The first-order chi connectivity index (χ1) is 16.5.